The Morgan fingerprint density at radius 2 is 2.27 bits per heavy atom. The van der Waals surface area contributed by atoms with Crippen LogP contribution in [0.25, 0.3) is 0 Å². The summed E-state index contributed by atoms with van der Waals surface area (Å²) in [5.41, 5.74) is 6.04. The summed E-state index contributed by atoms with van der Waals surface area (Å²) in [4.78, 5) is 8.42. The van der Waals surface area contributed by atoms with Gasteiger partial charge in [-0.2, -0.15) is 0 Å². The second-order valence-electron chi connectivity index (χ2n) is 2.89. The van der Waals surface area contributed by atoms with Gasteiger partial charge in [-0.05, 0) is 6.42 Å². The van der Waals surface area contributed by atoms with Gasteiger partial charge >= 0.3 is 0 Å². The Bertz CT molecular complexity index is 332. The van der Waals surface area contributed by atoms with E-state index in [-0.39, 0.29) is 4.99 Å². The lowest BCUT2D eigenvalue weighted by Gasteiger charge is -2.08. The fraction of sp³-hybridized carbons (Fsp3) is 0.444. The van der Waals surface area contributed by atoms with E-state index in [1.165, 1.54) is 0 Å². The molecule has 1 aromatic rings. The van der Waals surface area contributed by atoms with Crippen LogP contribution in [0.4, 0.5) is 5.82 Å². The van der Waals surface area contributed by atoms with E-state index in [1.807, 2.05) is 0 Å². The minimum atomic E-state index is 0.248. The molecule has 0 unspecified atom stereocenters. The van der Waals surface area contributed by atoms with E-state index in [1.54, 1.807) is 19.5 Å². The molecule has 0 fully saturated rings. The summed E-state index contributed by atoms with van der Waals surface area (Å²) in [6.45, 7) is 1.46. The number of nitrogens with zero attached hydrogens (tertiary/aromatic N) is 2. The Morgan fingerprint density at radius 3 is 2.93 bits per heavy atom. The monoisotopic (exact) mass is 226 g/mol. The molecule has 0 aliphatic carbocycles. The van der Waals surface area contributed by atoms with Crippen molar-refractivity contribution in [1.29, 1.82) is 0 Å². The van der Waals surface area contributed by atoms with Crippen LogP contribution in [0.15, 0.2) is 12.4 Å². The topological polar surface area (TPSA) is 73.1 Å². The van der Waals surface area contributed by atoms with E-state index in [2.05, 4.69) is 15.3 Å². The van der Waals surface area contributed by atoms with Crippen molar-refractivity contribution in [1.82, 2.24) is 9.97 Å². The number of thiocarbonyl (C=S) groups is 1. The smallest absolute Gasteiger partial charge is 0.155 e. The maximum absolute atomic E-state index is 5.51. The standard InChI is InChI=1S/C9H14N4OS/c1-14-6-2-3-12-9-7(8(10)15)11-4-5-13-9/h4-5H,2-3,6H2,1H3,(H2,10,15)(H,12,13). The average Bonchev–Trinajstić information content (AvgIpc) is 2.25. The van der Waals surface area contributed by atoms with Crippen LogP contribution in [-0.2, 0) is 4.74 Å². The second-order valence-corrected chi connectivity index (χ2v) is 3.33. The van der Waals surface area contributed by atoms with Crippen molar-refractivity contribution in [2.24, 2.45) is 5.73 Å². The molecule has 1 rings (SSSR count). The van der Waals surface area contributed by atoms with Gasteiger partial charge in [0.05, 0.1) is 0 Å². The van der Waals surface area contributed by atoms with Gasteiger partial charge in [-0.25, -0.2) is 9.97 Å². The van der Waals surface area contributed by atoms with Gasteiger partial charge < -0.3 is 15.8 Å². The Balaban J connectivity index is 2.56. The molecule has 6 heteroatoms. The lowest BCUT2D eigenvalue weighted by molar-refractivity contribution is 0.197. The Morgan fingerprint density at radius 1 is 1.53 bits per heavy atom. The quantitative estimate of drug-likeness (QED) is 0.545. The molecule has 0 aromatic carbocycles. The Hall–Kier alpha value is -1.27. The summed E-state index contributed by atoms with van der Waals surface area (Å²) in [7, 11) is 1.67. The molecular formula is C9H14N4OS. The normalized spacial score (nSPS) is 9.93. The fourth-order valence-corrected chi connectivity index (χ4v) is 1.22. The second kappa shape index (κ2) is 6.26. The predicted octanol–water partition coefficient (Wildman–Crippen LogP) is 0.559. The molecule has 0 radical (unpaired) electrons. The summed E-state index contributed by atoms with van der Waals surface area (Å²) < 4.78 is 4.93. The van der Waals surface area contributed by atoms with Gasteiger partial charge in [0, 0.05) is 32.7 Å². The number of nitrogens with one attached hydrogen (secondary N) is 1. The highest BCUT2D eigenvalue weighted by molar-refractivity contribution is 7.80. The summed E-state index contributed by atoms with van der Waals surface area (Å²) in [5.74, 6) is 0.626. The first kappa shape index (κ1) is 11.8. The Kier molecular flexibility index (Phi) is 4.92. The van der Waals surface area contributed by atoms with Gasteiger partial charge in [0.1, 0.15) is 10.7 Å². The van der Waals surface area contributed by atoms with Crippen LogP contribution < -0.4 is 11.1 Å². The van der Waals surface area contributed by atoms with Crippen LogP contribution >= 0.6 is 12.2 Å². The number of anilines is 1. The van der Waals surface area contributed by atoms with Gasteiger partial charge in [0.25, 0.3) is 0 Å². The van der Waals surface area contributed by atoms with Crippen LogP contribution in [-0.4, -0.2) is 35.2 Å². The van der Waals surface area contributed by atoms with Crippen LogP contribution in [0, 0.1) is 0 Å². The third-order valence-corrected chi connectivity index (χ3v) is 1.94. The van der Waals surface area contributed by atoms with Crippen molar-refractivity contribution in [3.8, 4) is 0 Å². The van der Waals surface area contributed by atoms with E-state index in [4.69, 9.17) is 22.7 Å². The van der Waals surface area contributed by atoms with Crippen molar-refractivity contribution in [3.05, 3.63) is 18.1 Å². The predicted molar refractivity (Wildman–Crippen MR) is 62.9 cm³/mol. The van der Waals surface area contributed by atoms with Gasteiger partial charge in [0.15, 0.2) is 5.82 Å². The summed E-state index contributed by atoms with van der Waals surface area (Å²) in [6, 6.07) is 0. The van der Waals surface area contributed by atoms with Gasteiger partial charge in [0.2, 0.25) is 0 Å². The SMILES string of the molecule is COCCCNc1nccnc1C(N)=S. The molecule has 0 atom stereocenters. The maximum atomic E-state index is 5.51. The summed E-state index contributed by atoms with van der Waals surface area (Å²) in [5, 5.41) is 3.11. The molecule has 0 aliphatic heterocycles. The van der Waals surface area contributed by atoms with Gasteiger partial charge in [-0.1, -0.05) is 12.2 Å². The van der Waals surface area contributed by atoms with E-state index in [9.17, 15) is 0 Å². The van der Waals surface area contributed by atoms with Crippen LogP contribution in [0.3, 0.4) is 0 Å². The molecule has 1 aromatic heterocycles. The van der Waals surface area contributed by atoms with Crippen LogP contribution in [0.5, 0.6) is 0 Å². The van der Waals surface area contributed by atoms with Crippen molar-refractivity contribution >= 4 is 23.0 Å². The lowest BCUT2D eigenvalue weighted by Crippen LogP contribution is -2.17. The molecule has 0 saturated carbocycles. The number of aromatic nitrogens is 2. The van der Waals surface area contributed by atoms with E-state index >= 15 is 0 Å². The number of methoxy groups -OCH3 is 1. The number of ether oxygens (including phenoxy) is 1. The summed E-state index contributed by atoms with van der Waals surface area (Å²) in [6.07, 6.45) is 4.05. The number of hydrogen-bond acceptors (Lipinski definition) is 5. The molecule has 0 spiro atoms. The molecule has 1 heterocycles. The average molecular weight is 226 g/mol. The van der Waals surface area contributed by atoms with Crippen molar-refractivity contribution in [2.75, 3.05) is 25.6 Å². The van der Waals surface area contributed by atoms with E-state index < -0.39 is 0 Å². The molecule has 0 saturated heterocycles. The van der Waals surface area contributed by atoms with Crippen molar-refractivity contribution in [3.63, 3.8) is 0 Å². The lowest BCUT2D eigenvalue weighted by atomic mass is 10.3. The first-order chi connectivity index (χ1) is 7.25. The zero-order valence-corrected chi connectivity index (χ0v) is 9.38. The highest BCUT2D eigenvalue weighted by atomic mass is 32.1. The minimum Gasteiger partial charge on any atom is -0.388 e. The molecule has 0 amide bonds. The molecule has 3 N–H and O–H groups in total. The zero-order valence-electron chi connectivity index (χ0n) is 8.56. The number of hydrogen-bond donors (Lipinski definition) is 2. The largest absolute Gasteiger partial charge is 0.388 e. The van der Waals surface area contributed by atoms with E-state index in [0.29, 0.717) is 18.1 Å². The highest BCUT2D eigenvalue weighted by Crippen LogP contribution is 2.07. The molecule has 0 aliphatic rings. The summed E-state index contributed by atoms with van der Waals surface area (Å²) >= 11 is 4.86. The fourth-order valence-electron chi connectivity index (χ4n) is 1.07. The third-order valence-electron chi connectivity index (χ3n) is 1.75. The third kappa shape index (κ3) is 3.77. The molecular weight excluding hydrogens is 212 g/mol. The zero-order chi connectivity index (χ0) is 11.1. The van der Waals surface area contributed by atoms with E-state index in [0.717, 1.165) is 13.0 Å². The first-order valence-electron chi connectivity index (χ1n) is 4.59. The maximum Gasteiger partial charge on any atom is 0.155 e. The van der Waals surface area contributed by atoms with Gasteiger partial charge in [-0.15, -0.1) is 0 Å². The minimum absolute atomic E-state index is 0.248. The first-order valence-corrected chi connectivity index (χ1v) is 5.00. The van der Waals surface area contributed by atoms with Crippen LogP contribution in [0.1, 0.15) is 12.1 Å². The highest BCUT2D eigenvalue weighted by Gasteiger charge is 2.06. The van der Waals surface area contributed by atoms with Crippen molar-refractivity contribution in [2.45, 2.75) is 6.42 Å². The molecule has 0 bridgehead atoms. The molecule has 15 heavy (non-hydrogen) atoms. The number of nitrogens with two attached hydrogens (primary N) is 1. The molecule has 82 valence electrons. The Labute approximate surface area is 94.1 Å². The molecule has 5 nitrogen and oxygen atoms in total. The van der Waals surface area contributed by atoms with Crippen molar-refractivity contribution < 1.29 is 4.74 Å². The number of rotatable bonds is 6. The van der Waals surface area contributed by atoms with Gasteiger partial charge in [-0.3, -0.25) is 0 Å². The van der Waals surface area contributed by atoms with Crippen LogP contribution in [0.2, 0.25) is 0 Å².